The number of rotatable bonds is 6. The fourth-order valence-corrected chi connectivity index (χ4v) is 2.97. The van der Waals surface area contributed by atoms with Crippen LogP contribution in [0.25, 0.3) is 11.5 Å². The Kier molecular flexibility index (Phi) is 5.78. The second kappa shape index (κ2) is 8.03. The Balaban J connectivity index is 1.64. The molecule has 0 radical (unpaired) electrons. The van der Waals surface area contributed by atoms with Gasteiger partial charge in [-0.3, -0.25) is 0 Å². The van der Waals surface area contributed by atoms with Crippen LogP contribution in [0.1, 0.15) is 5.56 Å². The average molecular weight is 403 g/mol. The van der Waals surface area contributed by atoms with Gasteiger partial charge in [0, 0.05) is 11.3 Å². The first kappa shape index (κ1) is 18.0. The highest BCUT2D eigenvalue weighted by Gasteiger charge is 2.11. The molecule has 4 nitrogen and oxygen atoms in total. The quantitative estimate of drug-likeness (QED) is 0.477. The molecule has 0 atom stereocenters. The summed E-state index contributed by atoms with van der Waals surface area (Å²) in [6.45, 7) is -2.86. The van der Waals surface area contributed by atoms with E-state index in [2.05, 4.69) is 14.9 Å². The van der Waals surface area contributed by atoms with Crippen LogP contribution < -0.4 is 4.74 Å². The molecular weight excluding hydrogens is 393 g/mol. The lowest BCUT2D eigenvalue weighted by Gasteiger charge is -2.03. The van der Waals surface area contributed by atoms with Gasteiger partial charge >= 0.3 is 6.61 Å². The first-order valence-electron chi connectivity index (χ1n) is 6.97. The predicted octanol–water partition coefficient (Wildman–Crippen LogP) is 5.94. The highest BCUT2D eigenvalue weighted by molar-refractivity contribution is 7.98. The normalized spacial score (nSPS) is 11.1. The lowest BCUT2D eigenvalue weighted by atomic mass is 10.2. The zero-order chi connectivity index (χ0) is 17.8. The summed E-state index contributed by atoms with van der Waals surface area (Å²) in [5.41, 5.74) is 1.57. The number of ether oxygens (including phenoxy) is 1. The number of hydrogen-bond acceptors (Lipinski definition) is 5. The molecule has 1 aromatic heterocycles. The third kappa shape index (κ3) is 4.84. The molecule has 25 heavy (non-hydrogen) atoms. The Labute approximate surface area is 156 Å². The van der Waals surface area contributed by atoms with Crippen molar-refractivity contribution in [3.8, 4) is 17.2 Å². The van der Waals surface area contributed by atoms with E-state index in [1.807, 2.05) is 6.07 Å². The van der Waals surface area contributed by atoms with Crippen molar-refractivity contribution in [3.05, 3.63) is 58.1 Å². The van der Waals surface area contributed by atoms with Crippen LogP contribution in [0.4, 0.5) is 8.78 Å². The van der Waals surface area contributed by atoms with E-state index >= 15 is 0 Å². The Hall–Kier alpha value is -1.83. The summed E-state index contributed by atoms with van der Waals surface area (Å²) in [5.74, 6) is 0.937. The van der Waals surface area contributed by atoms with Crippen molar-refractivity contribution in [2.75, 3.05) is 0 Å². The lowest BCUT2D eigenvalue weighted by Crippen LogP contribution is -2.01. The molecule has 2 aromatic carbocycles. The molecule has 3 aromatic rings. The second-order valence-electron chi connectivity index (χ2n) is 4.81. The molecule has 0 aliphatic heterocycles. The number of thioether (sulfide) groups is 1. The maximum Gasteiger partial charge on any atom is 0.387 e. The summed E-state index contributed by atoms with van der Waals surface area (Å²) in [6, 6.07) is 11.3. The maximum atomic E-state index is 12.1. The Bertz CT molecular complexity index is 860. The fourth-order valence-electron chi connectivity index (χ4n) is 1.94. The predicted molar refractivity (Wildman–Crippen MR) is 92.4 cm³/mol. The van der Waals surface area contributed by atoms with E-state index in [0.717, 1.165) is 5.56 Å². The molecule has 0 N–H and O–H groups in total. The molecule has 0 spiro atoms. The Morgan fingerprint density at radius 1 is 1.04 bits per heavy atom. The SMILES string of the molecule is FC(F)Oc1ccc(-c2nnc(SCc3ccc(Cl)c(Cl)c3)o2)cc1. The van der Waals surface area contributed by atoms with Gasteiger partial charge < -0.3 is 9.15 Å². The Morgan fingerprint density at radius 3 is 2.48 bits per heavy atom. The van der Waals surface area contributed by atoms with E-state index in [-0.39, 0.29) is 5.75 Å². The first-order valence-corrected chi connectivity index (χ1v) is 8.71. The largest absolute Gasteiger partial charge is 0.435 e. The summed E-state index contributed by atoms with van der Waals surface area (Å²) >= 11 is 13.2. The molecule has 0 amide bonds. The molecule has 130 valence electrons. The van der Waals surface area contributed by atoms with E-state index in [9.17, 15) is 8.78 Å². The van der Waals surface area contributed by atoms with Crippen LogP contribution in [0.15, 0.2) is 52.1 Å². The van der Waals surface area contributed by atoms with Gasteiger partial charge in [-0.1, -0.05) is 41.0 Å². The van der Waals surface area contributed by atoms with Gasteiger partial charge in [0.1, 0.15) is 5.75 Å². The van der Waals surface area contributed by atoms with E-state index in [1.165, 1.54) is 23.9 Å². The molecule has 0 saturated heterocycles. The third-order valence-corrected chi connectivity index (χ3v) is 4.71. The molecule has 0 aliphatic rings. The molecule has 0 saturated carbocycles. The number of aromatic nitrogens is 2. The fraction of sp³-hybridized carbons (Fsp3) is 0.125. The van der Waals surface area contributed by atoms with Gasteiger partial charge in [0.05, 0.1) is 10.0 Å². The molecule has 0 bridgehead atoms. The summed E-state index contributed by atoms with van der Waals surface area (Å²) in [6.07, 6.45) is 0. The third-order valence-electron chi connectivity index (χ3n) is 3.08. The van der Waals surface area contributed by atoms with Gasteiger partial charge in [0.15, 0.2) is 0 Å². The van der Waals surface area contributed by atoms with Gasteiger partial charge in [-0.2, -0.15) is 8.78 Å². The van der Waals surface area contributed by atoms with Crippen LogP contribution in [0.5, 0.6) is 5.75 Å². The Morgan fingerprint density at radius 2 is 1.80 bits per heavy atom. The molecule has 0 fully saturated rings. The minimum absolute atomic E-state index is 0.0625. The molecule has 0 aliphatic carbocycles. The van der Waals surface area contributed by atoms with Gasteiger partial charge in [-0.25, -0.2) is 0 Å². The van der Waals surface area contributed by atoms with Crippen molar-refractivity contribution in [2.24, 2.45) is 0 Å². The number of nitrogens with zero attached hydrogens (tertiary/aromatic N) is 2. The smallest absolute Gasteiger partial charge is 0.387 e. The summed E-state index contributed by atoms with van der Waals surface area (Å²) in [7, 11) is 0. The number of halogens is 4. The molecule has 9 heteroatoms. The van der Waals surface area contributed by atoms with Crippen LogP contribution >= 0.6 is 35.0 Å². The molecule has 1 heterocycles. The van der Waals surface area contributed by atoms with Crippen LogP contribution in [0.2, 0.25) is 10.0 Å². The van der Waals surface area contributed by atoms with Gasteiger partial charge in [0.25, 0.3) is 5.22 Å². The van der Waals surface area contributed by atoms with Crippen LogP contribution in [-0.4, -0.2) is 16.8 Å². The minimum atomic E-state index is -2.86. The highest BCUT2D eigenvalue weighted by atomic mass is 35.5. The zero-order valence-corrected chi connectivity index (χ0v) is 14.8. The standard InChI is InChI=1S/C16H10Cl2F2N2O2S/c17-12-6-1-9(7-13(12)18)8-25-16-22-21-14(24-16)10-2-4-11(5-3-10)23-15(19)20/h1-7,15H,8H2. The number of alkyl halides is 2. The van der Waals surface area contributed by atoms with Crippen LogP contribution in [0, 0.1) is 0 Å². The van der Waals surface area contributed by atoms with E-state index in [1.54, 1.807) is 24.3 Å². The number of benzene rings is 2. The van der Waals surface area contributed by atoms with Crippen molar-refractivity contribution in [1.82, 2.24) is 10.2 Å². The second-order valence-corrected chi connectivity index (χ2v) is 6.55. The zero-order valence-electron chi connectivity index (χ0n) is 12.5. The van der Waals surface area contributed by atoms with E-state index < -0.39 is 6.61 Å². The first-order chi connectivity index (χ1) is 12.0. The van der Waals surface area contributed by atoms with E-state index in [4.69, 9.17) is 27.6 Å². The minimum Gasteiger partial charge on any atom is -0.435 e. The lowest BCUT2D eigenvalue weighted by molar-refractivity contribution is -0.0498. The van der Waals surface area contributed by atoms with Gasteiger partial charge in [0.2, 0.25) is 5.89 Å². The molecular formula is C16H10Cl2F2N2O2S. The van der Waals surface area contributed by atoms with Crippen molar-refractivity contribution in [2.45, 2.75) is 17.6 Å². The van der Waals surface area contributed by atoms with Gasteiger partial charge in [-0.15, -0.1) is 10.2 Å². The van der Waals surface area contributed by atoms with Crippen molar-refractivity contribution < 1.29 is 17.9 Å². The highest BCUT2D eigenvalue weighted by Crippen LogP contribution is 2.29. The van der Waals surface area contributed by atoms with Crippen LogP contribution in [-0.2, 0) is 5.75 Å². The number of hydrogen-bond donors (Lipinski definition) is 0. The summed E-state index contributed by atoms with van der Waals surface area (Å²) in [5, 5.41) is 9.26. The monoisotopic (exact) mass is 402 g/mol. The summed E-state index contributed by atoms with van der Waals surface area (Å²) in [4.78, 5) is 0. The van der Waals surface area contributed by atoms with Crippen molar-refractivity contribution in [3.63, 3.8) is 0 Å². The topological polar surface area (TPSA) is 48.2 Å². The molecule has 3 rings (SSSR count). The van der Waals surface area contributed by atoms with Gasteiger partial charge in [-0.05, 0) is 42.0 Å². The molecule has 0 unspecified atom stereocenters. The maximum absolute atomic E-state index is 12.1. The van der Waals surface area contributed by atoms with Crippen molar-refractivity contribution >= 4 is 35.0 Å². The van der Waals surface area contributed by atoms with Crippen LogP contribution in [0.3, 0.4) is 0 Å². The van der Waals surface area contributed by atoms with E-state index in [0.29, 0.717) is 32.5 Å². The summed E-state index contributed by atoms with van der Waals surface area (Å²) < 4.78 is 34.1. The van der Waals surface area contributed by atoms with Crippen molar-refractivity contribution in [1.29, 1.82) is 0 Å². The average Bonchev–Trinajstić information content (AvgIpc) is 3.05.